The number of thiazole rings is 1. The molecule has 2 heterocycles. The zero-order chi connectivity index (χ0) is 15.1. The van der Waals surface area contributed by atoms with Gasteiger partial charge in [0.25, 0.3) is 5.56 Å². The normalized spacial score (nSPS) is 11.0. The van der Waals surface area contributed by atoms with Crippen LogP contribution < -0.4 is 11.2 Å². The van der Waals surface area contributed by atoms with E-state index in [9.17, 15) is 14.4 Å². The summed E-state index contributed by atoms with van der Waals surface area (Å²) in [6, 6.07) is 8.57. The van der Waals surface area contributed by atoms with Crippen molar-refractivity contribution >= 4 is 22.0 Å². The Kier molecular flexibility index (Phi) is 3.10. The summed E-state index contributed by atoms with van der Waals surface area (Å²) in [6.07, 6.45) is 0. The molecule has 2 aromatic heterocycles. The van der Waals surface area contributed by atoms with E-state index in [0.29, 0.717) is 10.4 Å². The summed E-state index contributed by atoms with van der Waals surface area (Å²) < 4.78 is 1.39. The Morgan fingerprint density at radius 3 is 2.48 bits per heavy atom. The molecule has 6 heteroatoms. The molecular formula is C15H12N2O3S. The Labute approximate surface area is 123 Å². The van der Waals surface area contributed by atoms with Gasteiger partial charge in [-0.25, -0.2) is 4.79 Å². The number of hydrogen-bond donors (Lipinski definition) is 1. The largest absolute Gasteiger partial charge is 0.333 e. The van der Waals surface area contributed by atoms with E-state index >= 15 is 0 Å². The van der Waals surface area contributed by atoms with Crippen LogP contribution in [0.15, 0.2) is 39.9 Å². The number of nitrogens with zero attached hydrogens (tertiary/aromatic N) is 1. The third-order valence-corrected chi connectivity index (χ3v) is 4.61. The van der Waals surface area contributed by atoms with Crippen molar-refractivity contribution in [2.75, 3.05) is 0 Å². The molecule has 0 bridgehead atoms. The molecule has 5 nitrogen and oxygen atoms in total. The number of carbonyl (C=O) groups excluding carboxylic acids is 1. The summed E-state index contributed by atoms with van der Waals surface area (Å²) in [7, 11) is 0. The van der Waals surface area contributed by atoms with Gasteiger partial charge in [0.15, 0.2) is 0 Å². The number of fused-ring (bicyclic) bond motifs is 1. The average Bonchev–Trinajstić information content (AvgIpc) is 2.75. The molecule has 3 aromatic rings. The number of hydrogen-bond acceptors (Lipinski definition) is 4. The van der Waals surface area contributed by atoms with Gasteiger partial charge < -0.3 is 0 Å². The Balaban J connectivity index is 2.39. The summed E-state index contributed by atoms with van der Waals surface area (Å²) in [5.74, 6) is -0.379. The molecule has 0 aliphatic carbocycles. The zero-order valence-electron chi connectivity index (χ0n) is 11.5. The van der Waals surface area contributed by atoms with Gasteiger partial charge in [-0.3, -0.25) is 19.0 Å². The second kappa shape index (κ2) is 4.82. The van der Waals surface area contributed by atoms with Gasteiger partial charge in [-0.2, -0.15) is 0 Å². The van der Waals surface area contributed by atoms with E-state index in [1.165, 1.54) is 15.7 Å². The number of nitrogens with one attached hydrogen (secondary N) is 1. The smallest absolute Gasteiger partial charge is 0.288 e. The predicted octanol–water partition coefficient (Wildman–Crippen LogP) is 1.90. The highest BCUT2D eigenvalue weighted by Crippen LogP contribution is 2.23. The Hall–Kier alpha value is -2.47. The molecule has 0 saturated heterocycles. The molecule has 1 aromatic carbocycles. The molecule has 1 N–H and O–H groups in total. The molecular weight excluding hydrogens is 288 g/mol. The predicted molar refractivity (Wildman–Crippen MR) is 81.5 cm³/mol. The van der Waals surface area contributed by atoms with Crippen LogP contribution in [0, 0.1) is 13.8 Å². The average molecular weight is 300 g/mol. The molecule has 106 valence electrons. The lowest BCUT2D eigenvalue weighted by atomic mass is 10.1. The highest BCUT2D eigenvalue weighted by Gasteiger charge is 2.21. The monoisotopic (exact) mass is 300 g/mol. The van der Waals surface area contributed by atoms with Gasteiger partial charge in [-0.15, -0.1) is 11.3 Å². The van der Waals surface area contributed by atoms with Crippen LogP contribution in [0.2, 0.25) is 0 Å². The molecule has 21 heavy (non-hydrogen) atoms. The lowest BCUT2D eigenvalue weighted by molar-refractivity contribution is 0.103. The van der Waals surface area contributed by atoms with Crippen LogP contribution in [-0.2, 0) is 0 Å². The second-order valence-electron chi connectivity index (χ2n) is 4.71. The van der Waals surface area contributed by atoms with E-state index in [4.69, 9.17) is 0 Å². The quantitative estimate of drug-likeness (QED) is 0.735. The SMILES string of the molecule is Cc1sc2c(C(=O)c3ccccc3)c(=O)[nH]c(=O)n2c1C. The molecule has 0 radical (unpaired) electrons. The summed E-state index contributed by atoms with van der Waals surface area (Å²) >= 11 is 1.28. The molecule has 0 fully saturated rings. The van der Waals surface area contributed by atoms with Gasteiger partial charge in [0.05, 0.1) is 0 Å². The van der Waals surface area contributed by atoms with Gasteiger partial charge in [0.2, 0.25) is 5.78 Å². The minimum atomic E-state index is -0.643. The van der Waals surface area contributed by atoms with Crippen molar-refractivity contribution in [1.82, 2.24) is 9.38 Å². The molecule has 0 unspecified atom stereocenters. The van der Waals surface area contributed by atoms with Crippen LogP contribution in [0.25, 0.3) is 4.83 Å². The Morgan fingerprint density at radius 2 is 1.81 bits per heavy atom. The lowest BCUT2D eigenvalue weighted by Gasteiger charge is -2.02. The second-order valence-corrected chi connectivity index (χ2v) is 5.92. The minimum Gasteiger partial charge on any atom is -0.288 e. The number of aromatic nitrogens is 2. The molecule has 0 aliphatic heterocycles. The first kappa shape index (κ1) is 13.5. The standard InChI is InChI=1S/C15H12N2O3S/c1-8-9(2)21-14-11(13(19)16-15(20)17(8)14)12(18)10-6-4-3-5-7-10/h3-7H,1-2H3,(H,16,19,20). The first-order valence-corrected chi connectivity index (χ1v) is 7.17. The van der Waals surface area contributed by atoms with Crippen molar-refractivity contribution in [3.8, 4) is 0 Å². The summed E-state index contributed by atoms with van der Waals surface area (Å²) in [5, 5.41) is 0. The van der Waals surface area contributed by atoms with Crippen LogP contribution in [0.4, 0.5) is 0 Å². The van der Waals surface area contributed by atoms with Crippen LogP contribution in [0.3, 0.4) is 0 Å². The molecule has 0 amide bonds. The fourth-order valence-electron chi connectivity index (χ4n) is 2.23. The van der Waals surface area contributed by atoms with Gasteiger partial charge in [0.1, 0.15) is 10.4 Å². The van der Waals surface area contributed by atoms with Gasteiger partial charge >= 0.3 is 5.69 Å². The van der Waals surface area contributed by atoms with Crippen molar-refractivity contribution in [3.63, 3.8) is 0 Å². The first-order chi connectivity index (χ1) is 10.0. The first-order valence-electron chi connectivity index (χ1n) is 6.35. The van der Waals surface area contributed by atoms with Crippen molar-refractivity contribution in [2.24, 2.45) is 0 Å². The van der Waals surface area contributed by atoms with Crippen molar-refractivity contribution in [2.45, 2.75) is 13.8 Å². The number of rotatable bonds is 2. The number of benzene rings is 1. The van der Waals surface area contributed by atoms with E-state index in [1.807, 2.05) is 6.92 Å². The van der Waals surface area contributed by atoms with Gasteiger partial charge in [-0.1, -0.05) is 30.3 Å². The molecule has 0 saturated carbocycles. The van der Waals surface area contributed by atoms with Crippen LogP contribution in [0.1, 0.15) is 26.5 Å². The molecule has 0 spiro atoms. The van der Waals surface area contributed by atoms with Gasteiger partial charge in [0, 0.05) is 16.1 Å². The van der Waals surface area contributed by atoms with E-state index in [0.717, 1.165) is 10.6 Å². The third kappa shape index (κ3) is 2.04. The highest BCUT2D eigenvalue weighted by atomic mass is 32.1. The number of H-pyrrole nitrogens is 1. The van der Waals surface area contributed by atoms with E-state index in [2.05, 4.69) is 4.98 Å². The van der Waals surface area contributed by atoms with Crippen molar-refractivity contribution in [3.05, 3.63) is 72.9 Å². The molecule has 0 atom stereocenters. The van der Waals surface area contributed by atoms with Crippen molar-refractivity contribution in [1.29, 1.82) is 0 Å². The summed E-state index contributed by atoms with van der Waals surface area (Å²) in [4.78, 5) is 40.2. The topological polar surface area (TPSA) is 71.4 Å². The fourth-order valence-corrected chi connectivity index (χ4v) is 3.36. The lowest BCUT2D eigenvalue weighted by Crippen LogP contribution is -2.31. The summed E-state index contributed by atoms with van der Waals surface area (Å²) in [6.45, 7) is 3.64. The Morgan fingerprint density at radius 1 is 1.14 bits per heavy atom. The molecule has 0 aliphatic rings. The third-order valence-electron chi connectivity index (χ3n) is 3.43. The van der Waals surface area contributed by atoms with E-state index in [1.54, 1.807) is 37.3 Å². The Bertz CT molecular complexity index is 964. The summed E-state index contributed by atoms with van der Waals surface area (Å²) in [5.41, 5.74) is 0.0178. The highest BCUT2D eigenvalue weighted by molar-refractivity contribution is 7.17. The fraction of sp³-hybridized carbons (Fsp3) is 0.133. The van der Waals surface area contributed by atoms with Crippen LogP contribution in [-0.4, -0.2) is 15.2 Å². The van der Waals surface area contributed by atoms with Gasteiger partial charge in [-0.05, 0) is 13.8 Å². The van der Waals surface area contributed by atoms with Crippen molar-refractivity contribution < 1.29 is 4.79 Å². The minimum absolute atomic E-state index is 0.0157. The number of aryl methyl sites for hydroxylation is 2. The van der Waals surface area contributed by atoms with E-state index in [-0.39, 0.29) is 11.3 Å². The maximum atomic E-state index is 12.6. The molecule has 3 rings (SSSR count). The maximum Gasteiger partial charge on any atom is 0.333 e. The van der Waals surface area contributed by atoms with Crippen LogP contribution in [0.5, 0.6) is 0 Å². The van der Waals surface area contributed by atoms with E-state index < -0.39 is 11.2 Å². The number of aromatic amines is 1. The maximum absolute atomic E-state index is 12.6. The zero-order valence-corrected chi connectivity index (χ0v) is 12.3. The van der Waals surface area contributed by atoms with Crippen LogP contribution >= 0.6 is 11.3 Å². The number of ketones is 1. The number of carbonyl (C=O) groups is 1.